The van der Waals surface area contributed by atoms with E-state index < -0.39 is 0 Å². The lowest BCUT2D eigenvalue weighted by atomic mass is 10.0. The summed E-state index contributed by atoms with van der Waals surface area (Å²) in [6, 6.07) is 9.29. The van der Waals surface area contributed by atoms with Gasteiger partial charge in [0.15, 0.2) is 5.82 Å². The predicted octanol–water partition coefficient (Wildman–Crippen LogP) is 3.43. The summed E-state index contributed by atoms with van der Waals surface area (Å²) in [5.74, 6) is 3.05. The number of hydrogen-bond acceptors (Lipinski definition) is 8. The van der Waals surface area contributed by atoms with E-state index in [0.29, 0.717) is 42.2 Å². The first-order valence-electron chi connectivity index (χ1n) is 12.0. The summed E-state index contributed by atoms with van der Waals surface area (Å²) in [6.07, 6.45) is 0.796. The molecule has 2 aliphatic rings. The number of amides is 2. The highest BCUT2D eigenvalue weighted by Gasteiger charge is 2.29. The van der Waals surface area contributed by atoms with Gasteiger partial charge < -0.3 is 25.2 Å². The maximum Gasteiger partial charge on any atom is 0.318 e. The molecule has 1 unspecified atom stereocenters. The lowest BCUT2D eigenvalue weighted by Crippen LogP contribution is -2.45. The maximum atomic E-state index is 11.7. The molecule has 36 heavy (non-hydrogen) atoms. The first kappa shape index (κ1) is 24.2. The van der Waals surface area contributed by atoms with E-state index >= 15 is 0 Å². The Labute approximate surface area is 215 Å². The second-order valence-corrected chi connectivity index (χ2v) is 9.35. The van der Waals surface area contributed by atoms with Crippen LogP contribution < -0.4 is 20.4 Å². The normalized spacial score (nSPS) is 17.5. The first-order chi connectivity index (χ1) is 17.4. The average molecular weight is 509 g/mol. The summed E-state index contributed by atoms with van der Waals surface area (Å²) in [5.41, 5.74) is 3.71. The van der Waals surface area contributed by atoms with Crippen molar-refractivity contribution in [3.05, 3.63) is 52.6 Å². The zero-order chi connectivity index (χ0) is 25.2. The van der Waals surface area contributed by atoms with Gasteiger partial charge in [-0.25, -0.2) is 24.7 Å². The molecular weight excluding hydrogens is 480 g/mol. The fourth-order valence-electron chi connectivity index (χ4n) is 4.59. The topological polar surface area (TPSA) is 108 Å². The number of morpholine rings is 1. The van der Waals surface area contributed by atoms with Crippen LogP contribution in [0.25, 0.3) is 11.4 Å². The average Bonchev–Trinajstić information content (AvgIpc) is 2.88. The van der Waals surface area contributed by atoms with Gasteiger partial charge >= 0.3 is 6.03 Å². The number of carbonyl (C=O) groups is 1. The summed E-state index contributed by atoms with van der Waals surface area (Å²) < 4.78 is 5.68. The van der Waals surface area contributed by atoms with Crippen molar-refractivity contribution in [2.75, 3.05) is 48.5 Å². The van der Waals surface area contributed by atoms with E-state index in [1.807, 2.05) is 31.2 Å². The Morgan fingerprint density at radius 3 is 2.67 bits per heavy atom. The first-order valence-corrected chi connectivity index (χ1v) is 12.4. The van der Waals surface area contributed by atoms with Crippen LogP contribution >= 0.6 is 11.6 Å². The number of ether oxygens (including phenoxy) is 1. The van der Waals surface area contributed by atoms with Gasteiger partial charge in [-0.1, -0.05) is 11.6 Å². The van der Waals surface area contributed by atoms with E-state index in [2.05, 4.69) is 37.3 Å². The van der Waals surface area contributed by atoms with Gasteiger partial charge in [-0.3, -0.25) is 0 Å². The van der Waals surface area contributed by atoms with Crippen LogP contribution in [0, 0.1) is 6.92 Å². The highest BCUT2D eigenvalue weighted by Crippen LogP contribution is 2.33. The zero-order valence-electron chi connectivity index (χ0n) is 20.6. The third-order valence-electron chi connectivity index (χ3n) is 6.43. The lowest BCUT2D eigenvalue weighted by Gasteiger charge is -2.38. The van der Waals surface area contributed by atoms with E-state index in [1.165, 1.54) is 5.56 Å². The molecule has 2 aliphatic heterocycles. The van der Waals surface area contributed by atoms with Crippen molar-refractivity contribution in [3.63, 3.8) is 0 Å². The molecule has 0 saturated carbocycles. The molecule has 1 fully saturated rings. The Morgan fingerprint density at radius 2 is 1.94 bits per heavy atom. The Hall–Kier alpha value is -3.50. The van der Waals surface area contributed by atoms with E-state index in [0.717, 1.165) is 42.4 Å². The third kappa shape index (κ3) is 5.05. The molecule has 10 nitrogen and oxygen atoms in total. The number of aromatic nitrogens is 4. The highest BCUT2D eigenvalue weighted by molar-refractivity contribution is 6.29. The molecule has 5 rings (SSSR count). The van der Waals surface area contributed by atoms with Gasteiger partial charge in [0, 0.05) is 43.0 Å². The second-order valence-electron chi connectivity index (χ2n) is 8.96. The SMILES string of the molecule is CNC(=O)Nc1ccc(-c2nc3c(c(N4CCOCC4C)n2)CCN(c2cc(Cl)nc(C)n2)C3)cc1. The lowest BCUT2D eigenvalue weighted by molar-refractivity contribution is 0.0984. The number of anilines is 3. The molecule has 1 aromatic carbocycles. The van der Waals surface area contributed by atoms with E-state index in [1.54, 1.807) is 13.1 Å². The van der Waals surface area contributed by atoms with Crippen LogP contribution in [0.3, 0.4) is 0 Å². The highest BCUT2D eigenvalue weighted by atomic mass is 35.5. The quantitative estimate of drug-likeness (QED) is 0.516. The van der Waals surface area contributed by atoms with Crippen LogP contribution in [-0.4, -0.2) is 65.4 Å². The molecule has 3 aromatic rings. The van der Waals surface area contributed by atoms with Gasteiger partial charge in [0.25, 0.3) is 0 Å². The predicted molar refractivity (Wildman–Crippen MR) is 140 cm³/mol. The fourth-order valence-corrected chi connectivity index (χ4v) is 4.81. The number of rotatable bonds is 4. The largest absolute Gasteiger partial charge is 0.377 e. The molecule has 2 N–H and O–H groups in total. The van der Waals surface area contributed by atoms with Crippen LogP contribution in [0.1, 0.15) is 24.0 Å². The molecule has 1 atom stereocenters. The number of nitrogens with one attached hydrogen (secondary N) is 2. The van der Waals surface area contributed by atoms with Crippen molar-refractivity contribution in [2.24, 2.45) is 0 Å². The molecule has 2 aromatic heterocycles. The molecule has 11 heteroatoms. The van der Waals surface area contributed by atoms with Gasteiger partial charge in [-0.05, 0) is 44.5 Å². The zero-order valence-corrected chi connectivity index (χ0v) is 21.3. The van der Waals surface area contributed by atoms with Gasteiger partial charge in [-0.2, -0.15) is 0 Å². The minimum atomic E-state index is -0.267. The van der Waals surface area contributed by atoms with E-state index in [4.69, 9.17) is 26.3 Å². The van der Waals surface area contributed by atoms with Crippen LogP contribution in [0.15, 0.2) is 30.3 Å². The number of benzene rings is 1. The Kier molecular flexibility index (Phi) is 6.88. The summed E-state index contributed by atoms with van der Waals surface area (Å²) in [5, 5.41) is 5.76. The molecular formula is C25H29ClN8O2. The molecule has 0 aliphatic carbocycles. The Balaban J connectivity index is 1.53. The standard InChI is InChI=1S/C25H29ClN8O2/c1-15-14-36-11-10-34(15)24-19-8-9-33(22-12-21(26)28-16(2)29-22)13-20(19)31-23(32-24)17-4-6-18(7-5-17)30-25(35)27-3/h4-7,12,15H,8-11,13-14H2,1-3H3,(H2,27,30,35). The van der Waals surface area contributed by atoms with Crippen LogP contribution in [0.4, 0.5) is 22.1 Å². The number of halogens is 1. The van der Waals surface area contributed by atoms with Crippen molar-refractivity contribution < 1.29 is 9.53 Å². The number of aryl methyl sites for hydroxylation is 1. The van der Waals surface area contributed by atoms with Crippen molar-refractivity contribution in [1.82, 2.24) is 25.3 Å². The van der Waals surface area contributed by atoms with Gasteiger partial charge in [-0.15, -0.1) is 0 Å². The Morgan fingerprint density at radius 1 is 1.14 bits per heavy atom. The molecule has 0 bridgehead atoms. The van der Waals surface area contributed by atoms with Crippen LogP contribution in [-0.2, 0) is 17.7 Å². The van der Waals surface area contributed by atoms with Crippen molar-refractivity contribution in [2.45, 2.75) is 32.9 Å². The molecule has 188 valence electrons. The summed E-state index contributed by atoms with van der Waals surface area (Å²) in [4.78, 5) is 35.0. The fraction of sp³-hybridized carbons (Fsp3) is 0.400. The van der Waals surface area contributed by atoms with Crippen LogP contribution in [0.5, 0.6) is 0 Å². The molecule has 4 heterocycles. The monoisotopic (exact) mass is 508 g/mol. The Bertz CT molecular complexity index is 1250. The summed E-state index contributed by atoms with van der Waals surface area (Å²) in [7, 11) is 1.58. The third-order valence-corrected chi connectivity index (χ3v) is 6.62. The van der Waals surface area contributed by atoms with Crippen molar-refractivity contribution in [1.29, 1.82) is 0 Å². The molecule has 2 amide bonds. The van der Waals surface area contributed by atoms with Crippen molar-refractivity contribution in [3.8, 4) is 11.4 Å². The van der Waals surface area contributed by atoms with Crippen molar-refractivity contribution >= 4 is 35.0 Å². The summed E-state index contributed by atoms with van der Waals surface area (Å²) in [6.45, 7) is 7.50. The van der Waals surface area contributed by atoms with Gasteiger partial charge in [0.1, 0.15) is 22.6 Å². The molecule has 0 spiro atoms. The minimum Gasteiger partial charge on any atom is -0.377 e. The molecule has 0 radical (unpaired) electrons. The minimum absolute atomic E-state index is 0.214. The smallest absolute Gasteiger partial charge is 0.318 e. The molecule has 1 saturated heterocycles. The number of hydrogen-bond donors (Lipinski definition) is 2. The number of carbonyl (C=O) groups excluding carboxylic acids is 1. The van der Waals surface area contributed by atoms with Crippen LogP contribution in [0.2, 0.25) is 5.15 Å². The van der Waals surface area contributed by atoms with Gasteiger partial charge in [0.05, 0.1) is 31.5 Å². The van der Waals surface area contributed by atoms with E-state index in [9.17, 15) is 4.79 Å². The number of nitrogens with zero attached hydrogens (tertiary/aromatic N) is 6. The maximum absolute atomic E-state index is 11.7. The second kappa shape index (κ2) is 10.2. The number of fused-ring (bicyclic) bond motifs is 1. The van der Waals surface area contributed by atoms with E-state index in [-0.39, 0.29) is 12.1 Å². The summed E-state index contributed by atoms with van der Waals surface area (Å²) >= 11 is 6.22. The van der Waals surface area contributed by atoms with Gasteiger partial charge in [0.2, 0.25) is 0 Å². The number of urea groups is 1.